The van der Waals surface area contributed by atoms with Crippen LogP contribution in [-0.4, -0.2) is 14.8 Å². The minimum atomic E-state index is -0.707. The van der Waals surface area contributed by atoms with Gasteiger partial charge in [-0.05, 0) is 37.1 Å². The summed E-state index contributed by atoms with van der Waals surface area (Å²) in [6.45, 7) is 3.58. The van der Waals surface area contributed by atoms with Gasteiger partial charge in [0.1, 0.15) is 11.5 Å². The molecule has 2 N–H and O–H groups in total. The average Bonchev–Trinajstić information content (AvgIpc) is 3.08. The van der Waals surface area contributed by atoms with Crippen molar-refractivity contribution in [2.75, 3.05) is 0 Å². The molecule has 1 aromatic heterocycles. The Kier molecular flexibility index (Phi) is 4.08. The zero-order chi connectivity index (χ0) is 24.8. The van der Waals surface area contributed by atoms with E-state index < -0.39 is 33.5 Å². The first-order chi connectivity index (χ1) is 16.7. The van der Waals surface area contributed by atoms with Gasteiger partial charge in [0.25, 0.3) is 11.1 Å². The molecule has 0 aliphatic rings. The number of phenolic OH excluding ortho intramolecular Hbond substituents is 2. The molecule has 7 heteroatoms. The third-order valence-corrected chi connectivity index (χ3v) is 6.79. The van der Waals surface area contributed by atoms with Gasteiger partial charge in [0.05, 0.1) is 27.2 Å². The fourth-order valence-corrected chi connectivity index (χ4v) is 5.14. The summed E-state index contributed by atoms with van der Waals surface area (Å²) >= 11 is 0. The van der Waals surface area contributed by atoms with Gasteiger partial charge in [-0.1, -0.05) is 42.5 Å². The van der Waals surface area contributed by atoms with Crippen molar-refractivity contribution < 1.29 is 10.2 Å². The molecule has 0 bridgehead atoms. The number of phenols is 2. The third-order valence-electron chi connectivity index (χ3n) is 6.79. The van der Waals surface area contributed by atoms with E-state index in [4.69, 9.17) is 0 Å². The molecule has 0 saturated carbocycles. The molecule has 0 unspecified atom stereocenters. The number of benzene rings is 5. The number of nitrogens with zero attached hydrogens (tertiary/aromatic N) is 1. The van der Waals surface area contributed by atoms with Crippen LogP contribution in [0.3, 0.4) is 0 Å². The van der Waals surface area contributed by atoms with Crippen LogP contribution in [0.25, 0.3) is 48.8 Å². The Morgan fingerprint density at radius 2 is 1.00 bits per heavy atom. The second-order valence-corrected chi connectivity index (χ2v) is 8.78. The summed E-state index contributed by atoms with van der Waals surface area (Å²) in [5.41, 5.74) is -0.693. The van der Waals surface area contributed by atoms with Crippen molar-refractivity contribution >= 4 is 43.1 Å². The smallest absolute Gasteiger partial charge is 0.266 e. The zero-order valence-electron chi connectivity index (χ0n) is 18.7. The second kappa shape index (κ2) is 6.87. The fourth-order valence-electron chi connectivity index (χ4n) is 5.14. The van der Waals surface area contributed by atoms with Crippen LogP contribution in [-0.2, 0) is 0 Å². The molecule has 170 valence electrons. The summed E-state index contributed by atoms with van der Waals surface area (Å²) in [6, 6.07) is 14.2. The van der Waals surface area contributed by atoms with E-state index in [1.165, 1.54) is 24.3 Å². The maximum absolute atomic E-state index is 13.5. The summed E-state index contributed by atoms with van der Waals surface area (Å²) < 4.78 is 1.06. The predicted molar refractivity (Wildman–Crippen MR) is 136 cm³/mol. The fraction of sp³-hybridized carbons (Fsp3) is 0.0714. The monoisotopic (exact) mass is 463 g/mol. The van der Waals surface area contributed by atoms with Gasteiger partial charge in [-0.3, -0.25) is 19.2 Å². The lowest BCUT2D eigenvalue weighted by molar-refractivity contribution is 0.478. The van der Waals surface area contributed by atoms with Gasteiger partial charge >= 0.3 is 0 Å². The van der Waals surface area contributed by atoms with Crippen molar-refractivity contribution in [2.45, 2.75) is 13.8 Å². The molecule has 6 aromatic rings. The number of aryl methyl sites for hydroxylation is 2. The Hall–Kier alpha value is -4.78. The minimum absolute atomic E-state index is 0.00510. The van der Waals surface area contributed by atoms with E-state index >= 15 is 0 Å². The van der Waals surface area contributed by atoms with Gasteiger partial charge in [0.2, 0.25) is 0 Å². The van der Waals surface area contributed by atoms with Gasteiger partial charge < -0.3 is 10.2 Å². The molecule has 7 nitrogen and oxygen atoms in total. The van der Waals surface area contributed by atoms with Crippen LogP contribution in [0.1, 0.15) is 11.1 Å². The number of aromatic hydroxyl groups is 2. The molecule has 0 radical (unpaired) electrons. The normalized spacial score (nSPS) is 11.8. The molecule has 0 atom stereocenters. The average molecular weight is 463 g/mol. The highest BCUT2D eigenvalue weighted by Gasteiger charge is 2.24. The molecule has 0 spiro atoms. The lowest BCUT2D eigenvalue weighted by atomic mass is 9.95. The summed E-state index contributed by atoms with van der Waals surface area (Å²) in [5.74, 6) is -0.838. The number of hydrogen-bond donors (Lipinski definition) is 2. The van der Waals surface area contributed by atoms with Gasteiger partial charge in [0.15, 0.2) is 10.9 Å². The molecule has 0 saturated heterocycles. The van der Waals surface area contributed by atoms with Crippen molar-refractivity contribution in [2.24, 2.45) is 0 Å². The molecular formula is C28H17NO6. The first-order valence-corrected chi connectivity index (χ1v) is 10.9. The SMILES string of the molecule is Cc1cccc(C)c1-n1c(=O)c2cc3c(=O)c4c(O)c5ccccc5c(O)c4c(=O)c3cc2c1=O. The third kappa shape index (κ3) is 2.55. The van der Waals surface area contributed by atoms with E-state index in [9.17, 15) is 29.4 Å². The Morgan fingerprint density at radius 1 is 0.571 bits per heavy atom. The number of para-hydroxylation sites is 1. The van der Waals surface area contributed by atoms with Crippen molar-refractivity contribution in [1.29, 1.82) is 0 Å². The zero-order valence-corrected chi connectivity index (χ0v) is 18.7. The predicted octanol–water partition coefficient (Wildman–Crippen LogP) is 3.43. The molecule has 6 rings (SSSR count). The summed E-state index contributed by atoms with van der Waals surface area (Å²) in [4.78, 5) is 53.7. The quantitative estimate of drug-likeness (QED) is 0.285. The number of fused-ring (bicyclic) bond motifs is 4. The molecule has 0 fully saturated rings. The van der Waals surface area contributed by atoms with Gasteiger partial charge in [-0.15, -0.1) is 0 Å². The van der Waals surface area contributed by atoms with Crippen LogP contribution in [0.5, 0.6) is 11.5 Å². The van der Waals surface area contributed by atoms with Gasteiger partial charge in [0, 0.05) is 21.5 Å². The maximum Gasteiger partial charge on any atom is 0.266 e. The lowest BCUT2D eigenvalue weighted by Crippen LogP contribution is -2.25. The highest BCUT2D eigenvalue weighted by Crippen LogP contribution is 2.39. The van der Waals surface area contributed by atoms with Crippen molar-refractivity contribution in [3.05, 3.63) is 107 Å². The van der Waals surface area contributed by atoms with Crippen LogP contribution in [0.15, 0.2) is 73.8 Å². The largest absolute Gasteiger partial charge is 0.506 e. The van der Waals surface area contributed by atoms with Crippen LogP contribution >= 0.6 is 0 Å². The Balaban J connectivity index is 1.85. The Labute approximate surface area is 196 Å². The number of rotatable bonds is 1. The highest BCUT2D eigenvalue weighted by molar-refractivity contribution is 6.15. The summed E-state index contributed by atoms with van der Waals surface area (Å²) in [5, 5.41) is 21.3. The topological polar surface area (TPSA) is 114 Å². The van der Waals surface area contributed by atoms with Crippen LogP contribution in [0.4, 0.5) is 0 Å². The van der Waals surface area contributed by atoms with E-state index in [-0.39, 0.29) is 43.1 Å². The maximum atomic E-state index is 13.5. The molecule has 0 amide bonds. The summed E-state index contributed by atoms with van der Waals surface area (Å²) in [6.07, 6.45) is 0. The molecule has 1 heterocycles. The van der Waals surface area contributed by atoms with E-state index in [2.05, 4.69) is 0 Å². The van der Waals surface area contributed by atoms with Gasteiger partial charge in [-0.2, -0.15) is 0 Å². The first kappa shape index (κ1) is 20.8. The molecular weight excluding hydrogens is 446 g/mol. The highest BCUT2D eigenvalue weighted by atomic mass is 16.3. The second-order valence-electron chi connectivity index (χ2n) is 8.78. The molecule has 0 aliphatic heterocycles. The van der Waals surface area contributed by atoms with Crippen molar-refractivity contribution in [3.63, 3.8) is 0 Å². The van der Waals surface area contributed by atoms with Crippen molar-refractivity contribution in [1.82, 2.24) is 4.57 Å². The first-order valence-electron chi connectivity index (χ1n) is 10.9. The van der Waals surface area contributed by atoms with E-state index in [0.29, 0.717) is 5.69 Å². The lowest BCUT2D eigenvalue weighted by Gasteiger charge is -2.09. The van der Waals surface area contributed by atoms with E-state index in [0.717, 1.165) is 15.7 Å². The number of aromatic nitrogens is 1. The Bertz CT molecular complexity index is 1980. The van der Waals surface area contributed by atoms with Crippen LogP contribution < -0.4 is 22.0 Å². The molecule has 0 aliphatic carbocycles. The summed E-state index contributed by atoms with van der Waals surface area (Å²) in [7, 11) is 0. The number of hydrogen-bond acceptors (Lipinski definition) is 6. The van der Waals surface area contributed by atoms with Crippen LogP contribution in [0.2, 0.25) is 0 Å². The van der Waals surface area contributed by atoms with Crippen molar-refractivity contribution in [3.8, 4) is 17.2 Å². The molecule has 5 aromatic carbocycles. The standard InChI is InChI=1S/C28H17NO6/c1-12-6-5-7-13(2)22(12)29-27(34)18-10-16-17(11-19(18)28(29)35)26(33)21-20(25(16)32)23(30)14-8-3-4-9-15(14)24(21)31/h3-11,30-31H,1-2H3. The minimum Gasteiger partial charge on any atom is -0.506 e. The van der Waals surface area contributed by atoms with Gasteiger partial charge in [-0.25, -0.2) is 4.57 Å². The Morgan fingerprint density at radius 3 is 1.43 bits per heavy atom. The van der Waals surface area contributed by atoms with E-state index in [1.807, 2.05) is 6.07 Å². The molecule has 35 heavy (non-hydrogen) atoms. The van der Waals surface area contributed by atoms with Crippen LogP contribution in [0, 0.1) is 13.8 Å². The van der Waals surface area contributed by atoms with E-state index in [1.54, 1.807) is 38.1 Å².